The monoisotopic (exact) mass is 522 g/mol. The molecular formula is C28H22N6O3S. The molecule has 188 valence electrons. The van der Waals surface area contributed by atoms with Gasteiger partial charge in [-0.25, -0.2) is 20.8 Å². The minimum atomic E-state index is -1.35. The van der Waals surface area contributed by atoms with Crippen LogP contribution in [0.1, 0.15) is 21.4 Å². The van der Waals surface area contributed by atoms with E-state index in [1.165, 1.54) is 6.20 Å². The van der Waals surface area contributed by atoms with Crippen LogP contribution in [-0.4, -0.2) is 27.7 Å². The van der Waals surface area contributed by atoms with E-state index in [0.29, 0.717) is 32.2 Å². The maximum Gasteiger partial charge on any atom is 0.282 e. The summed E-state index contributed by atoms with van der Waals surface area (Å²) in [5.41, 5.74) is 1.60. The first-order chi connectivity index (χ1) is 18.5. The number of carbonyl (C=O) groups is 3. The van der Waals surface area contributed by atoms with Gasteiger partial charge in [-0.2, -0.15) is 0 Å². The van der Waals surface area contributed by atoms with E-state index in [4.69, 9.17) is 5.84 Å². The van der Waals surface area contributed by atoms with Gasteiger partial charge in [0.05, 0.1) is 10.6 Å². The Morgan fingerprint density at radius 3 is 1.87 bits per heavy atom. The van der Waals surface area contributed by atoms with Crippen molar-refractivity contribution in [2.24, 2.45) is 5.84 Å². The quantitative estimate of drug-likeness (QED) is 0.124. The topological polar surface area (TPSA) is 130 Å². The highest BCUT2D eigenvalue weighted by atomic mass is 32.1. The number of fused-ring (bicyclic) bond motifs is 1. The molecule has 4 N–H and O–H groups in total. The number of hydrogen-bond donors (Lipinski definition) is 3. The van der Waals surface area contributed by atoms with E-state index < -0.39 is 23.6 Å². The molecule has 2 heterocycles. The molecule has 0 saturated carbocycles. The van der Waals surface area contributed by atoms with Gasteiger partial charge in [0, 0.05) is 23.0 Å². The summed E-state index contributed by atoms with van der Waals surface area (Å²) in [6.45, 7) is 0. The lowest BCUT2D eigenvalue weighted by atomic mass is 10.1. The number of nitrogens with two attached hydrogens (primary N) is 1. The number of aromatic nitrogens is 2. The van der Waals surface area contributed by atoms with E-state index in [1.54, 1.807) is 78.9 Å². The predicted molar refractivity (Wildman–Crippen MR) is 148 cm³/mol. The summed E-state index contributed by atoms with van der Waals surface area (Å²) in [5, 5.41) is 7.17. The van der Waals surface area contributed by atoms with Crippen molar-refractivity contribution in [3.05, 3.63) is 114 Å². The molecule has 3 aromatic carbocycles. The van der Waals surface area contributed by atoms with E-state index in [2.05, 4.69) is 20.6 Å². The fourth-order valence-electron chi connectivity index (χ4n) is 3.74. The number of nitrogens with zero attached hydrogens (tertiary/aromatic N) is 3. The normalized spacial score (nSPS) is 10.8. The van der Waals surface area contributed by atoms with Gasteiger partial charge in [-0.1, -0.05) is 54.6 Å². The highest BCUT2D eigenvalue weighted by Crippen LogP contribution is 2.28. The van der Waals surface area contributed by atoms with Crippen LogP contribution < -0.4 is 21.5 Å². The minimum Gasteiger partial charge on any atom is -0.325 e. The molecule has 0 fully saturated rings. The van der Waals surface area contributed by atoms with Crippen molar-refractivity contribution in [3.63, 3.8) is 0 Å². The van der Waals surface area contributed by atoms with Crippen molar-refractivity contribution in [1.29, 1.82) is 0 Å². The zero-order valence-corrected chi connectivity index (χ0v) is 20.8. The van der Waals surface area contributed by atoms with Gasteiger partial charge in [0.25, 0.3) is 5.91 Å². The first-order valence-corrected chi connectivity index (χ1v) is 12.4. The summed E-state index contributed by atoms with van der Waals surface area (Å²) in [4.78, 5) is 49.3. The maximum atomic E-state index is 13.3. The second-order valence-corrected chi connectivity index (χ2v) is 9.28. The Kier molecular flexibility index (Phi) is 7.16. The number of para-hydroxylation sites is 3. The molecule has 3 amide bonds. The van der Waals surface area contributed by atoms with Gasteiger partial charge in [-0.05, 0) is 42.5 Å². The molecule has 38 heavy (non-hydrogen) atoms. The average Bonchev–Trinajstić information content (AvgIpc) is 3.37. The van der Waals surface area contributed by atoms with Gasteiger partial charge < -0.3 is 10.6 Å². The number of thiophene rings is 1. The summed E-state index contributed by atoms with van der Waals surface area (Å²) in [7, 11) is 0. The van der Waals surface area contributed by atoms with Crippen LogP contribution in [0.4, 0.5) is 17.1 Å². The predicted octanol–water partition coefficient (Wildman–Crippen LogP) is 4.57. The molecule has 10 heteroatoms. The van der Waals surface area contributed by atoms with Gasteiger partial charge in [-0.3, -0.25) is 14.4 Å². The van der Waals surface area contributed by atoms with Crippen LogP contribution >= 0.6 is 11.3 Å². The molecule has 0 aliphatic carbocycles. The van der Waals surface area contributed by atoms with E-state index in [9.17, 15) is 14.4 Å². The number of benzene rings is 3. The molecule has 0 atom stereocenters. The standard InChI is InChI=1S/C28H22N6O3S/c29-34(21-14-8-3-9-15-21)28(37)22-16-18-17-30-24(33-27(18)38-22)23(25(35)31-19-10-4-1-5-11-19)26(36)32-20-12-6-2-7-13-20/h1-17,23H,29H2,(H,31,35)(H,32,36). The third kappa shape index (κ3) is 5.41. The first-order valence-electron chi connectivity index (χ1n) is 11.6. The lowest BCUT2D eigenvalue weighted by Gasteiger charge is -2.16. The highest BCUT2D eigenvalue weighted by Gasteiger charge is 2.32. The molecule has 5 aromatic rings. The number of hydrogen-bond acceptors (Lipinski definition) is 7. The van der Waals surface area contributed by atoms with Crippen LogP contribution in [0.25, 0.3) is 10.2 Å². The van der Waals surface area contributed by atoms with Crippen molar-refractivity contribution >= 4 is 56.3 Å². The second kappa shape index (κ2) is 11.0. The van der Waals surface area contributed by atoms with Gasteiger partial charge in [0.2, 0.25) is 11.8 Å². The molecule has 9 nitrogen and oxygen atoms in total. The van der Waals surface area contributed by atoms with Crippen LogP contribution in [0, 0.1) is 0 Å². The molecule has 0 saturated heterocycles. The molecule has 2 aromatic heterocycles. The Balaban J connectivity index is 1.46. The van der Waals surface area contributed by atoms with Crippen LogP contribution in [0.5, 0.6) is 0 Å². The number of amides is 3. The highest BCUT2D eigenvalue weighted by molar-refractivity contribution is 7.20. The lowest BCUT2D eigenvalue weighted by molar-refractivity contribution is -0.126. The molecule has 0 aliphatic rings. The van der Waals surface area contributed by atoms with Gasteiger partial charge >= 0.3 is 0 Å². The molecule has 0 unspecified atom stereocenters. The third-order valence-corrected chi connectivity index (χ3v) is 6.65. The zero-order chi connectivity index (χ0) is 26.5. The molecule has 0 bridgehead atoms. The summed E-state index contributed by atoms with van der Waals surface area (Å²) >= 11 is 1.11. The molecule has 5 rings (SSSR count). The zero-order valence-electron chi connectivity index (χ0n) is 19.9. The van der Waals surface area contributed by atoms with E-state index in [1.807, 2.05) is 18.2 Å². The van der Waals surface area contributed by atoms with E-state index in [-0.39, 0.29) is 5.82 Å². The SMILES string of the molecule is NN(C(=O)c1cc2cnc(C(C(=O)Nc3ccccc3)C(=O)Nc3ccccc3)nc2s1)c1ccccc1. The lowest BCUT2D eigenvalue weighted by Crippen LogP contribution is -2.36. The first kappa shape index (κ1) is 24.8. The molecule has 0 radical (unpaired) electrons. The number of nitrogens with one attached hydrogen (secondary N) is 2. The fourth-order valence-corrected chi connectivity index (χ4v) is 4.69. The van der Waals surface area contributed by atoms with E-state index in [0.717, 1.165) is 16.3 Å². The number of hydrazine groups is 1. The third-order valence-electron chi connectivity index (χ3n) is 5.62. The molecular weight excluding hydrogens is 500 g/mol. The Hall–Kier alpha value is -4.93. The number of rotatable bonds is 7. The van der Waals surface area contributed by atoms with Crippen molar-refractivity contribution in [2.75, 3.05) is 15.6 Å². The Morgan fingerprint density at radius 2 is 1.32 bits per heavy atom. The van der Waals surface area contributed by atoms with Crippen LogP contribution in [-0.2, 0) is 9.59 Å². The fraction of sp³-hybridized carbons (Fsp3) is 0.0357. The average molecular weight is 523 g/mol. The van der Waals surface area contributed by atoms with Crippen molar-refractivity contribution < 1.29 is 14.4 Å². The smallest absolute Gasteiger partial charge is 0.282 e. The summed E-state index contributed by atoms with van der Waals surface area (Å²) in [6.07, 6.45) is 1.49. The van der Waals surface area contributed by atoms with Gasteiger partial charge in [0.15, 0.2) is 11.7 Å². The van der Waals surface area contributed by atoms with Crippen LogP contribution in [0.15, 0.2) is 103 Å². The largest absolute Gasteiger partial charge is 0.325 e. The number of carbonyl (C=O) groups excluding carboxylic acids is 3. The van der Waals surface area contributed by atoms with Gasteiger partial charge in [-0.15, -0.1) is 11.3 Å². The molecule has 0 spiro atoms. The second-order valence-electron chi connectivity index (χ2n) is 8.25. The Labute approximate surface area is 221 Å². The van der Waals surface area contributed by atoms with E-state index >= 15 is 0 Å². The minimum absolute atomic E-state index is 0.00729. The Bertz CT molecular complexity index is 1540. The van der Waals surface area contributed by atoms with Crippen LogP contribution in [0.3, 0.4) is 0 Å². The molecule has 0 aliphatic heterocycles. The van der Waals surface area contributed by atoms with Crippen molar-refractivity contribution in [2.45, 2.75) is 5.92 Å². The van der Waals surface area contributed by atoms with Crippen molar-refractivity contribution in [3.8, 4) is 0 Å². The maximum absolute atomic E-state index is 13.3. The summed E-state index contributed by atoms with van der Waals surface area (Å²) in [6, 6.07) is 28.1. The Morgan fingerprint density at radius 1 is 0.789 bits per heavy atom. The summed E-state index contributed by atoms with van der Waals surface area (Å²) < 4.78 is 0. The number of anilines is 3. The van der Waals surface area contributed by atoms with Crippen molar-refractivity contribution in [1.82, 2.24) is 9.97 Å². The van der Waals surface area contributed by atoms with Crippen LogP contribution in [0.2, 0.25) is 0 Å². The summed E-state index contributed by atoms with van der Waals surface area (Å²) in [5.74, 6) is 3.11. The van der Waals surface area contributed by atoms with Gasteiger partial charge in [0.1, 0.15) is 4.83 Å².